The van der Waals surface area contributed by atoms with Crippen LogP contribution in [0.1, 0.15) is 50.0 Å². The zero-order valence-electron chi connectivity index (χ0n) is 32.0. The quantitative estimate of drug-likeness (QED) is 0.0376. The fourth-order valence-electron chi connectivity index (χ4n) is 6.96. The van der Waals surface area contributed by atoms with Crippen molar-refractivity contribution in [3.63, 3.8) is 0 Å². The van der Waals surface area contributed by atoms with E-state index in [0.717, 1.165) is 15.9 Å². The minimum Gasteiger partial charge on any atom is -0.457 e. The van der Waals surface area contributed by atoms with Crippen molar-refractivity contribution in [3.8, 4) is 0 Å². The molecule has 0 radical (unpaired) electrons. The number of hydrogen-bond acceptors (Lipinski definition) is 6. The Bertz CT molecular complexity index is 1940. The van der Waals surface area contributed by atoms with Crippen LogP contribution in [0.4, 0.5) is 0 Å². The summed E-state index contributed by atoms with van der Waals surface area (Å²) in [6.07, 6.45) is 0.933. The third kappa shape index (κ3) is 8.14. The van der Waals surface area contributed by atoms with Crippen molar-refractivity contribution in [2.24, 2.45) is 11.7 Å². The number of β-lactam (4-membered cyclic amide) rings is 1. The SMILES string of the molecule is C=CCOC(=O)C(N1C(=O)[C@H]([C@@H](C)O[Si](C)(C)C(C)(C)C)[C@H]1CC(=O)c1ccc(CC(N)=O)cc1)=P(c1ccccc1)(c1ccccc1)c1ccccc1. The highest BCUT2D eigenvalue weighted by Crippen LogP contribution is 2.50. The molecule has 10 heteroatoms. The van der Waals surface area contributed by atoms with Crippen LogP contribution in [0.2, 0.25) is 18.1 Å². The van der Waals surface area contributed by atoms with Crippen molar-refractivity contribution in [2.75, 3.05) is 6.61 Å². The third-order valence-corrected chi connectivity index (χ3v) is 19.4. The first-order valence-electron chi connectivity index (χ1n) is 18.3. The van der Waals surface area contributed by atoms with Crippen LogP contribution in [0.5, 0.6) is 0 Å². The van der Waals surface area contributed by atoms with Crippen molar-refractivity contribution in [1.29, 1.82) is 0 Å². The number of amides is 2. The van der Waals surface area contributed by atoms with Gasteiger partial charge < -0.3 is 19.8 Å². The molecule has 1 heterocycles. The van der Waals surface area contributed by atoms with Crippen LogP contribution in [0.25, 0.3) is 0 Å². The molecule has 4 aromatic rings. The normalized spacial score (nSPS) is 16.6. The molecule has 5 rings (SSSR count). The molecule has 54 heavy (non-hydrogen) atoms. The summed E-state index contributed by atoms with van der Waals surface area (Å²) < 4.78 is 12.8. The average molecular weight is 763 g/mol. The second-order valence-corrected chi connectivity index (χ2v) is 23.3. The number of ketones is 1. The Morgan fingerprint density at radius 3 is 1.76 bits per heavy atom. The third-order valence-electron chi connectivity index (χ3n) is 10.6. The van der Waals surface area contributed by atoms with Gasteiger partial charge in [-0.2, -0.15) is 0 Å². The van der Waals surface area contributed by atoms with Gasteiger partial charge in [0.25, 0.3) is 0 Å². The van der Waals surface area contributed by atoms with Gasteiger partial charge in [0, 0.05) is 18.9 Å². The van der Waals surface area contributed by atoms with Crippen LogP contribution in [-0.4, -0.2) is 61.0 Å². The molecule has 8 nitrogen and oxygen atoms in total. The van der Waals surface area contributed by atoms with Gasteiger partial charge in [-0.3, -0.25) is 14.4 Å². The summed E-state index contributed by atoms with van der Waals surface area (Å²) in [6, 6.07) is 35.3. The van der Waals surface area contributed by atoms with Gasteiger partial charge in [-0.05, 0) is 46.5 Å². The van der Waals surface area contributed by atoms with Gasteiger partial charge in [-0.25, -0.2) is 4.79 Å². The van der Waals surface area contributed by atoms with Crippen LogP contribution in [0, 0.1) is 5.92 Å². The van der Waals surface area contributed by atoms with E-state index in [2.05, 4.69) is 40.4 Å². The lowest BCUT2D eigenvalue weighted by Gasteiger charge is -2.53. The van der Waals surface area contributed by atoms with Gasteiger partial charge in [0.1, 0.15) is 12.0 Å². The van der Waals surface area contributed by atoms with Crippen molar-refractivity contribution >= 4 is 60.1 Å². The number of likely N-dealkylation sites (tertiary alicyclic amines) is 1. The number of nitrogens with two attached hydrogens (primary N) is 1. The number of primary amides is 1. The monoisotopic (exact) mass is 762 g/mol. The maximum Gasteiger partial charge on any atom is 0.356 e. The highest BCUT2D eigenvalue weighted by Gasteiger charge is 2.57. The summed E-state index contributed by atoms with van der Waals surface area (Å²) in [6.45, 7) is 13.1. The van der Waals surface area contributed by atoms with E-state index in [4.69, 9.17) is 14.9 Å². The maximum atomic E-state index is 15.1. The van der Waals surface area contributed by atoms with Crippen LogP contribution in [0.15, 0.2) is 128 Å². The van der Waals surface area contributed by atoms with E-state index < -0.39 is 45.1 Å². The zero-order chi connectivity index (χ0) is 39.3. The lowest BCUT2D eigenvalue weighted by molar-refractivity contribution is -0.156. The molecule has 1 saturated heterocycles. The molecule has 0 saturated carbocycles. The molecular formula is C44H51N2O6PSi. The number of benzene rings is 4. The standard InChI is InChI=1S/C44H51N2O6PSi/c1-8-28-51-43(50)42(53(34-18-12-9-13-19-34,35-20-14-10-15-21-35)36-22-16-11-17-23-36)46-37(30-38(47)33-26-24-32(25-27-33)29-39(45)48)40(41(46)49)31(2)52-54(6,7)44(3,4)5/h8-27,31,37,40H,1,28-30H2,2-7H3,(H2,45,48)/t31-,37-,40-/m1/s1. The molecule has 2 N–H and O–H groups in total. The Morgan fingerprint density at radius 1 is 0.852 bits per heavy atom. The Morgan fingerprint density at radius 2 is 1.33 bits per heavy atom. The van der Waals surface area contributed by atoms with Gasteiger partial charge in [0.2, 0.25) is 11.8 Å². The Hall–Kier alpha value is -4.82. The molecule has 0 unspecified atom stereocenters. The molecule has 0 spiro atoms. The van der Waals surface area contributed by atoms with Crippen LogP contribution < -0.4 is 21.6 Å². The fourth-order valence-corrected chi connectivity index (χ4v) is 12.8. The van der Waals surface area contributed by atoms with E-state index >= 15 is 4.79 Å². The van der Waals surface area contributed by atoms with Crippen molar-refractivity contribution in [1.82, 2.24) is 4.90 Å². The summed E-state index contributed by atoms with van der Waals surface area (Å²) in [5, 5.41) is 2.42. The lowest BCUT2D eigenvalue weighted by atomic mass is 9.79. The van der Waals surface area contributed by atoms with E-state index in [1.807, 2.05) is 97.9 Å². The first kappa shape index (κ1) is 40.4. The van der Waals surface area contributed by atoms with Crippen LogP contribution in [-0.2, 0) is 30.0 Å². The topological polar surface area (TPSA) is 116 Å². The molecule has 282 valence electrons. The number of ether oxygens (including phenoxy) is 1. The molecule has 1 aliphatic heterocycles. The first-order chi connectivity index (χ1) is 25.6. The van der Waals surface area contributed by atoms with Crippen molar-refractivity contribution in [2.45, 2.75) is 70.8 Å². The van der Waals surface area contributed by atoms with Gasteiger partial charge >= 0.3 is 5.97 Å². The van der Waals surface area contributed by atoms with Crippen molar-refractivity contribution in [3.05, 3.63) is 139 Å². The molecule has 3 atom stereocenters. The van der Waals surface area contributed by atoms with Crippen LogP contribution >= 0.6 is 6.89 Å². The van der Waals surface area contributed by atoms with Gasteiger partial charge in [-0.1, -0.05) is 149 Å². The smallest absolute Gasteiger partial charge is 0.356 e. The number of carbonyl (C=O) groups excluding carboxylic acids is 4. The molecular weight excluding hydrogens is 712 g/mol. The molecule has 4 aromatic carbocycles. The zero-order valence-corrected chi connectivity index (χ0v) is 33.9. The summed E-state index contributed by atoms with van der Waals surface area (Å²) in [4.78, 5) is 57.3. The largest absolute Gasteiger partial charge is 0.457 e. The Kier molecular flexibility index (Phi) is 12.5. The van der Waals surface area contributed by atoms with E-state index in [1.54, 1.807) is 29.2 Å². The van der Waals surface area contributed by atoms with E-state index in [-0.39, 0.29) is 41.6 Å². The highest BCUT2D eigenvalue weighted by atomic mass is 31.2. The number of esters is 1. The molecule has 1 aliphatic rings. The summed E-state index contributed by atoms with van der Waals surface area (Å²) in [5.41, 5.74) is 6.72. The minimum absolute atomic E-state index is 0.0547. The predicted molar refractivity (Wildman–Crippen MR) is 221 cm³/mol. The number of carbonyl (C=O) groups is 4. The number of rotatable bonds is 15. The Labute approximate surface area is 320 Å². The number of Topliss-reactive ketones (excluding diaryl/α,β-unsaturated/α-hetero) is 1. The predicted octanol–water partition coefficient (Wildman–Crippen LogP) is 6.38. The van der Waals surface area contributed by atoms with Gasteiger partial charge in [0.05, 0.1) is 24.5 Å². The minimum atomic E-state index is -3.19. The Balaban J connectivity index is 1.80. The fraction of sp³-hybridized carbons (Fsp3) is 0.295. The second-order valence-electron chi connectivity index (χ2n) is 15.2. The molecule has 2 amide bonds. The molecule has 1 fully saturated rings. The summed E-state index contributed by atoms with van der Waals surface area (Å²) in [5.74, 6) is -2.35. The number of nitrogens with zero attached hydrogens (tertiary/aromatic N) is 1. The highest BCUT2D eigenvalue weighted by molar-refractivity contribution is 7.96. The summed E-state index contributed by atoms with van der Waals surface area (Å²) >= 11 is 0. The second kappa shape index (κ2) is 16.7. The number of hydrogen-bond donors (Lipinski definition) is 1. The van der Waals surface area contributed by atoms with E-state index in [0.29, 0.717) is 11.1 Å². The average Bonchev–Trinajstić information content (AvgIpc) is 3.14. The van der Waals surface area contributed by atoms with Gasteiger partial charge in [0.15, 0.2) is 14.1 Å². The van der Waals surface area contributed by atoms with Crippen molar-refractivity contribution < 1.29 is 28.3 Å². The summed E-state index contributed by atoms with van der Waals surface area (Å²) in [7, 11) is -2.38. The van der Waals surface area contributed by atoms with E-state index in [9.17, 15) is 14.4 Å². The molecule has 0 aliphatic carbocycles. The van der Waals surface area contributed by atoms with Crippen LogP contribution in [0.3, 0.4) is 0 Å². The van der Waals surface area contributed by atoms with E-state index in [1.165, 1.54) is 6.08 Å². The van der Waals surface area contributed by atoms with Gasteiger partial charge in [-0.15, -0.1) is 0 Å². The first-order valence-corrected chi connectivity index (χ1v) is 23.0. The molecule has 0 bridgehead atoms. The maximum absolute atomic E-state index is 15.1. The molecule has 0 aromatic heterocycles. The lowest BCUT2D eigenvalue weighted by Crippen LogP contribution is -2.69.